The molecule has 4 aromatic rings. The molecule has 2 aromatic heterocycles. The second-order valence-electron chi connectivity index (χ2n) is 6.06. The highest BCUT2D eigenvalue weighted by atomic mass is 35.5. The molecule has 2 aromatic carbocycles. The van der Waals surface area contributed by atoms with E-state index in [1.54, 1.807) is 11.0 Å². The normalized spacial score (nSPS) is 11.3. The minimum Gasteiger partial charge on any atom is -0.354 e. The number of hydrogen-bond acceptors (Lipinski definition) is 3. The van der Waals surface area contributed by atoms with Gasteiger partial charge in [0.15, 0.2) is 5.15 Å². The van der Waals surface area contributed by atoms with Crippen LogP contribution in [0.3, 0.4) is 0 Å². The molecule has 0 atom stereocenters. The number of fused-ring (bicyclic) bond motifs is 2. The van der Waals surface area contributed by atoms with Crippen LogP contribution in [-0.4, -0.2) is 31.8 Å². The van der Waals surface area contributed by atoms with Crippen LogP contribution in [0.25, 0.3) is 21.9 Å². The van der Waals surface area contributed by atoms with Gasteiger partial charge in [0.2, 0.25) is 5.91 Å². The molecule has 0 spiro atoms. The van der Waals surface area contributed by atoms with E-state index in [0.717, 1.165) is 21.9 Å². The number of para-hydroxylation sites is 3. The third kappa shape index (κ3) is 3.28. The molecule has 0 aliphatic heterocycles. The van der Waals surface area contributed by atoms with Gasteiger partial charge in [-0.15, -0.1) is 0 Å². The molecule has 0 saturated carbocycles. The number of nitrogens with zero attached hydrogens (tertiary/aromatic N) is 4. The number of nitrogens with one attached hydrogen (secondary N) is 1. The number of amides is 1. The molecule has 0 bridgehead atoms. The molecule has 0 radical (unpaired) electrons. The smallest absolute Gasteiger partial charge is 0.221 e. The van der Waals surface area contributed by atoms with Crippen molar-refractivity contribution < 1.29 is 4.79 Å². The SMILES string of the molecule is O=C(CCn1nc(Cl)c2ccccc21)NCCn1cnc2ccccc21. The maximum atomic E-state index is 12.1. The molecule has 26 heavy (non-hydrogen) atoms. The first-order valence-corrected chi connectivity index (χ1v) is 8.88. The molecule has 0 fully saturated rings. The topological polar surface area (TPSA) is 64.7 Å². The number of aromatic nitrogens is 4. The summed E-state index contributed by atoms with van der Waals surface area (Å²) in [6, 6.07) is 15.7. The first kappa shape index (κ1) is 16.6. The zero-order chi connectivity index (χ0) is 17.9. The predicted octanol–water partition coefficient (Wildman–Crippen LogP) is 3.25. The Morgan fingerprint density at radius 2 is 1.81 bits per heavy atom. The van der Waals surface area contributed by atoms with E-state index < -0.39 is 0 Å². The average molecular weight is 368 g/mol. The molecular formula is C19H18ClN5O. The minimum atomic E-state index is -0.00914. The molecule has 4 rings (SSSR count). The minimum absolute atomic E-state index is 0.00914. The Morgan fingerprint density at radius 3 is 2.69 bits per heavy atom. The maximum absolute atomic E-state index is 12.1. The van der Waals surface area contributed by atoms with Crippen LogP contribution in [0, 0.1) is 0 Å². The van der Waals surface area contributed by atoms with E-state index in [9.17, 15) is 4.79 Å². The lowest BCUT2D eigenvalue weighted by atomic mass is 10.2. The summed E-state index contributed by atoms with van der Waals surface area (Å²) >= 11 is 6.14. The summed E-state index contributed by atoms with van der Waals surface area (Å²) in [6.45, 7) is 1.73. The Kier molecular flexibility index (Phi) is 4.58. The van der Waals surface area contributed by atoms with Gasteiger partial charge in [-0.3, -0.25) is 9.48 Å². The van der Waals surface area contributed by atoms with Crippen LogP contribution < -0.4 is 5.32 Å². The van der Waals surface area contributed by atoms with Crippen molar-refractivity contribution in [1.82, 2.24) is 24.6 Å². The van der Waals surface area contributed by atoms with Gasteiger partial charge in [-0.05, 0) is 24.3 Å². The van der Waals surface area contributed by atoms with E-state index in [1.165, 1.54) is 0 Å². The molecule has 0 aliphatic rings. The van der Waals surface area contributed by atoms with Crippen molar-refractivity contribution in [3.63, 3.8) is 0 Å². The summed E-state index contributed by atoms with van der Waals surface area (Å²) in [5, 5.41) is 8.63. The van der Waals surface area contributed by atoms with Crippen molar-refractivity contribution >= 4 is 39.4 Å². The number of hydrogen-bond donors (Lipinski definition) is 1. The van der Waals surface area contributed by atoms with E-state index in [4.69, 9.17) is 11.6 Å². The molecule has 7 heteroatoms. The molecule has 0 aliphatic carbocycles. The van der Waals surface area contributed by atoms with E-state index in [1.807, 2.05) is 53.1 Å². The van der Waals surface area contributed by atoms with Crippen LogP contribution >= 0.6 is 11.6 Å². The molecule has 1 N–H and O–H groups in total. The van der Waals surface area contributed by atoms with Crippen LogP contribution in [0.15, 0.2) is 54.9 Å². The van der Waals surface area contributed by atoms with E-state index in [2.05, 4.69) is 15.4 Å². The van der Waals surface area contributed by atoms with Crippen LogP contribution in [-0.2, 0) is 17.9 Å². The first-order chi connectivity index (χ1) is 12.7. The van der Waals surface area contributed by atoms with E-state index in [0.29, 0.717) is 31.2 Å². The van der Waals surface area contributed by atoms with Gasteiger partial charge in [-0.25, -0.2) is 4.98 Å². The molecule has 2 heterocycles. The summed E-state index contributed by atoms with van der Waals surface area (Å²) in [5.74, 6) is -0.00914. The van der Waals surface area contributed by atoms with Crippen molar-refractivity contribution in [3.05, 3.63) is 60.0 Å². The standard InChI is InChI=1S/C19H18ClN5O/c20-19-14-5-1-3-7-16(14)25(23-19)11-9-18(26)21-10-12-24-13-22-15-6-2-4-8-17(15)24/h1-8,13H,9-12H2,(H,21,26). The summed E-state index contributed by atoms with van der Waals surface area (Å²) < 4.78 is 3.82. The lowest BCUT2D eigenvalue weighted by Crippen LogP contribution is -2.28. The van der Waals surface area contributed by atoms with Crippen molar-refractivity contribution in [2.24, 2.45) is 0 Å². The van der Waals surface area contributed by atoms with Crippen LogP contribution in [0.5, 0.6) is 0 Å². The zero-order valence-electron chi connectivity index (χ0n) is 14.1. The van der Waals surface area contributed by atoms with Gasteiger partial charge >= 0.3 is 0 Å². The highest BCUT2D eigenvalue weighted by molar-refractivity contribution is 6.34. The van der Waals surface area contributed by atoms with Gasteiger partial charge < -0.3 is 9.88 Å². The third-order valence-electron chi connectivity index (χ3n) is 4.37. The summed E-state index contributed by atoms with van der Waals surface area (Å²) in [7, 11) is 0. The molecule has 0 saturated heterocycles. The molecule has 1 amide bonds. The molecule has 0 unspecified atom stereocenters. The average Bonchev–Trinajstić information content (AvgIpc) is 3.22. The largest absolute Gasteiger partial charge is 0.354 e. The fourth-order valence-electron chi connectivity index (χ4n) is 3.06. The Morgan fingerprint density at radius 1 is 1.04 bits per heavy atom. The van der Waals surface area contributed by atoms with Crippen molar-refractivity contribution in [1.29, 1.82) is 0 Å². The Labute approximate surface area is 155 Å². The maximum Gasteiger partial charge on any atom is 0.221 e. The molecule has 132 valence electrons. The summed E-state index contributed by atoms with van der Waals surface area (Å²) in [5.41, 5.74) is 2.97. The Bertz CT molecular complexity index is 1070. The predicted molar refractivity (Wildman–Crippen MR) is 102 cm³/mol. The quantitative estimate of drug-likeness (QED) is 0.569. The van der Waals surface area contributed by atoms with Gasteiger partial charge in [-0.2, -0.15) is 5.10 Å². The Balaban J connectivity index is 1.31. The van der Waals surface area contributed by atoms with Crippen LogP contribution in [0.4, 0.5) is 0 Å². The lowest BCUT2D eigenvalue weighted by Gasteiger charge is -2.07. The number of halogens is 1. The van der Waals surface area contributed by atoms with Crippen LogP contribution in [0.1, 0.15) is 6.42 Å². The summed E-state index contributed by atoms with van der Waals surface area (Å²) in [4.78, 5) is 16.5. The van der Waals surface area contributed by atoms with E-state index in [-0.39, 0.29) is 5.91 Å². The van der Waals surface area contributed by atoms with Gasteiger partial charge in [0.25, 0.3) is 0 Å². The van der Waals surface area contributed by atoms with Gasteiger partial charge in [0, 0.05) is 24.9 Å². The number of carbonyl (C=O) groups is 1. The summed E-state index contributed by atoms with van der Waals surface area (Å²) in [6.07, 6.45) is 2.15. The van der Waals surface area contributed by atoms with Gasteiger partial charge in [0.05, 0.1) is 29.4 Å². The van der Waals surface area contributed by atoms with Crippen molar-refractivity contribution in [2.75, 3.05) is 6.54 Å². The van der Waals surface area contributed by atoms with E-state index >= 15 is 0 Å². The van der Waals surface area contributed by atoms with Crippen molar-refractivity contribution in [3.8, 4) is 0 Å². The number of carbonyl (C=O) groups excluding carboxylic acids is 1. The fourth-order valence-corrected chi connectivity index (χ4v) is 3.31. The van der Waals surface area contributed by atoms with Crippen molar-refractivity contribution in [2.45, 2.75) is 19.5 Å². The fraction of sp³-hybridized carbons (Fsp3) is 0.211. The highest BCUT2D eigenvalue weighted by Gasteiger charge is 2.09. The number of aryl methyl sites for hydroxylation is 1. The second kappa shape index (κ2) is 7.17. The first-order valence-electron chi connectivity index (χ1n) is 8.50. The third-order valence-corrected chi connectivity index (χ3v) is 4.64. The Hall–Kier alpha value is -2.86. The molecule has 6 nitrogen and oxygen atoms in total. The second-order valence-corrected chi connectivity index (χ2v) is 6.42. The van der Waals surface area contributed by atoms with Crippen LogP contribution in [0.2, 0.25) is 5.15 Å². The number of benzene rings is 2. The number of rotatable bonds is 6. The zero-order valence-corrected chi connectivity index (χ0v) is 14.9. The van der Waals surface area contributed by atoms with Gasteiger partial charge in [-0.1, -0.05) is 35.9 Å². The molecular weight excluding hydrogens is 350 g/mol. The monoisotopic (exact) mass is 367 g/mol. The van der Waals surface area contributed by atoms with Gasteiger partial charge in [0.1, 0.15) is 0 Å². The number of imidazole rings is 1. The lowest BCUT2D eigenvalue weighted by molar-refractivity contribution is -0.121. The highest BCUT2D eigenvalue weighted by Crippen LogP contribution is 2.22.